The smallest absolute Gasteiger partial charge is 0.207 e. The molecule has 0 saturated carbocycles. The van der Waals surface area contributed by atoms with Crippen molar-refractivity contribution in [3.63, 3.8) is 0 Å². The standard InChI is InChI=1S/C12H18BrNO2S/c1-14(11-7-3-6-10-13)17(15,16)12-8-4-2-5-9-12/h2,4-5,8-9H,3,6-7,10-11H2,1H3. The first kappa shape index (κ1) is 14.7. The van der Waals surface area contributed by atoms with Crippen LogP contribution in [-0.2, 0) is 10.0 Å². The van der Waals surface area contributed by atoms with E-state index in [2.05, 4.69) is 15.9 Å². The zero-order valence-electron chi connectivity index (χ0n) is 9.97. The van der Waals surface area contributed by atoms with Gasteiger partial charge in [0.15, 0.2) is 0 Å². The fourth-order valence-electron chi connectivity index (χ4n) is 1.50. The minimum Gasteiger partial charge on any atom is -0.207 e. The van der Waals surface area contributed by atoms with E-state index in [9.17, 15) is 8.42 Å². The number of benzene rings is 1. The van der Waals surface area contributed by atoms with E-state index in [0.717, 1.165) is 24.6 Å². The van der Waals surface area contributed by atoms with Crippen molar-refractivity contribution in [3.8, 4) is 0 Å². The molecule has 96 valence electrons. The van der Waals surface area contributed by atoms with E-state index in [0.29, 0.717) is 11.4 Å². The SMILES string of the molecule is CN(CCCCCBr)S(=O)(=O)c1ccccc1. The fraction of sp³-hybridized carbons (Fsp3) is 0.500. The van der Waals surface area contributed by atoms with Crippen LogP contribution in [-0.4, -0.2) is 31.6 Å². The number of hydrogen-bond acceptors (Lipinski definition) is 2. The molecule has 0 heterocycles. The molecule has 0 N–H and O–H groups in total. The molecule has 17 heavy (non-hydrogen) atoms. The predicted octanol–water partition coefficient (Wildman–Crippen LogP) is 2.87. The van der Waals surface area contributed by atoms with E-state index in [1.54, 1.807) is 31.3 Å². The topological polar surface area (TPSA) is 37.4 Å². The second kappa shape index (κ2) is 7.13. The molecule has 1 aromatic rings. The van der Waals surface area contributed by atoms with Crippen LogP contribution >= 0.6 is 15.9 Å². The van der Waals surface area contributed by atoms with Gasteiger partial charge >= 0.3 is 0 Å². The van der Waals surface area contributed by atoms with Gasteiger partial charge in [0.25, 0.3) is 0 Å². The van der Waals surface area contributed by atoms with E-state index < -0.39 is 10.0 Å². The van der Waals surface area contributed by atoms with Gasteiger partial charge in [-0.05, 0) is 25.0 Å². The van der Waals surface area contributed by atoms with Crippen LogP contribution in [0.1, 0.15) is 19.3 Å². The molecule has 0 radical (unpaired) electrons. The maximum Gasteiger partial charge on any atom is 0.242 e. The summed E-state index contributed by atoms with van der Waals surface area (Å²) in [5.41, 5.74) is 0. The molecule has 1 aromatic carbocycles. The lowest BCUT2D eigenvalue weighted by atomic mass is 10.2. The Hall–Kier alpha value is -0.390. The molecule has 0 atom stereocenters. The lowest BCUT2D eigenvalue weighted by Crippen LogP contribution is -2.27. The van der Waals surface area contributed by atoms with Crippen molar-refractivity contribution in [2.75, 3.05) is 18.9 Å². The van der Waals surface area contributed by atoms with Crippen molar-refractivity contribution in [1.29, 1.82) is 0 Å². The minimum absolute atomic E-state index is 0.364. The summed E-state index contributed by atoms with van der Waals surface area (Å²) in [6, 6.07) is 8.56. The Morgan fingerprint density at radius 2 is 1.76 bits per heavy atom. The molecule has 0 fully saturated rings. The molecule has 0 aliphatic carbocycles. The number of halogens is 1. The molecule has 0 aromatic heterocycles. The van der Waals surface area contributed by atoms with E-state index in [-0.39, 0.29) is 0 Å². The Bertz CT molecular complexity index is 419. The number of unbranched alkanes of at least 4 members (excludes halogenated alkanes) is 2. The summed E-state index contributed by atoms with van der Waals surface area (Å²) < 4.78 is 25.7. The van der Waals surface area contributed by atoms with Crippen LogP contribution in [0.2, 0.25) is 0 Å². The third-order valence-electron chi connectivity index (χ3n) is 2.56. The lowest BCUT2D eigenvalue weighted by molar-refractivity contribution is 0.455. The summed E-state index contributed by atoms with van der Waals surface area (Å²) in [4.78, 5) is 0.364. The van der Waals surface area contributed by atoms with Gasteiger partial charge in [0.05, 0.1) is 4.90 Å². The van der Waals surface area contributed by atoms with Crippen LogP contribution in [0.5, 0.6) is 0 Å². The van der Waals surface area contributed by atoms with E-state index in [4.69, 9.17) is 0 Å². The second-order valence-corrected chi connectivity index (χ2v) is 6.73. The first-order valence-electron chi connectivity index (χ1n) is 5.66. The molecule has 0 unspecified atom stereocenters. The van der Waals surface area contributed by atoms with Crippen molar-refractivity contribution in [2.45, 2.75) is 24.2 Å². The van der Waals surface area contributed by atoms with Gasteiger partial charge in [-0.3, -0.25) is 0 Å². The van der Waals surface area contributed by atoms with Gasteiger partial charge in [0.1, 0.15) is 0 Å². The molecule has 1 rings (SSSR count). The number of rotatable bonds is 7. The molecule has 3 nitrogen and oxygen atoms in total. The maximum absolute atomic E-state index is 12.1. The van der Waals surface area contributed by atoms with Crippen molar-refractivity contribution < 1.29 is 8.42 Å². The summed E-state index contributed by atoms with van der Waals surface area (Å²) in [6.07, 6.45) is 3.02. The van der Waals surface area contributed by atoms with Crippen LogP contribution in [0, 0.1) is 0 Å². The van der Waals surface area contributed by atoms with Gasteiger partial charge in [-0.15, -0.1) is 0 Å². The largest absolute Gasteiger partial charge is 0.242 e. The molecule has 0 aliphatic heterocycles. The van der Waals surface area contributed by atoms with Crippen LogP contribution in [0.25, 0.3) is 0 Å². The average molecular weight is 320 g/mol. The van der Waals surface area contributed by atoms with Crippen LogP contribution in [0.3, 0.4) is 0 Å². The first-order chi connectivity index (χ1) is 8.09. The summed E-state index contributed by atoms with van der Waals surface area (Å²) in [5, 5.41) is 0.974. The minimum atomic E-state index is -3.30. The summed E-state index contributed by atoms with van der Waals surface area (Å²) in [6.45, 7) is 0.574. The third kappa shape index (κ3) is 4.41. The monoisotopic (exact) mass is 319 g/mol. The fourth-order valence-corrected chi connectivity index (χ4v) is 3.13. The molecule has 0 aliphatic rings. The van der Waals surface area contributed by atoms with E-state index in [1.165, 1.54) is 4.31 Å². The van der Waals surface area contributed by atoms with Gasteiger partial charge in [0, 0.05) is 18.9 Å². The van der Waals surface area contributed by atoms with Crippen LogP contribution in [0.15, 0.2) is 35.2 Å². The van der Waals surface area contributed by atoms with E-state index in [1.807, 2.05) is 6.07 Å². The average Bonchev–Trinajstić information content (AvgIpc) is 2.35. The van der Waals surface area contributed by atoms with Crippen molar-refractivity contribution in [2.24, 2.45) is 0 Å². The third-order valence-corrected chi connectivity index (χ3v) is 4.99. The summed E-state index contributed by atoms with van der Waals surface area (Å²) in [7, 11) is -1.67. The Balaban J connectivity index is 2.59. The Morgan fingerprint density at radius 3 is 2.35 bits per heavy atom. The van der Waals surface area contributed by atoms with Gasteiger partial charge in [-0.2, -0.15) is 0 Å². The highest BCUT2D eigenvalue weighted by atomic mass is 79.9. The predicted molar refractivity (Wildman–Crippen MR) is 73.9 cm³/mol. The number of alkyl halides is 1. The maximum atomic E-state index is 12.1. The highest BCUT2D eigenvalue weighted by Crippen LogP contribution is 2.14. The number of hydrogen-bond donors (Lipinski definition) is 0. The second-order valence-electron chi connectivity index (χ2n) is 3.89. The Kier molecular flexibility index (Phi) is 6.16. The Morgan fingerprint density at radius 1 is 1.12 bits per heavy atom. The normalized spacial score (nSPS) is 11.9. The van der Waals surface area contributed by atoms with E-state index >= 15 is 0 Å². The first-order valence-corrected chi connectivity index (χ1v) is 8.22. The molecule has 0 saturated heterocycles. The van der Waals surface area contributed by atoms with Crippen molar-refractivity contribution in [1.82, 2.24) is 4.31 Å². The summed E-state index contributed by atoms with van der Waals surface area (Å²) >= 11 is 3.36. The zero-order chi connectivity index (χ0) is 12.7. The molecular weight excluding hydrogens is 302 g/mol. The number of nitrogens with zero attached hydrogens (tertiary/aromatic N) is 1. The van der Waals surface area contributed by atoms with Gasteiger partial charge in [0.2, 0.25) is 10.0 Å². The van der Waals surface area contributed by atoms with Gasteiger partial charge < -0.3 is 0 Å². The molecule has 0 amide bonds. The highest BCUT2D eigenvalue weighted by molar-refractivity contribution is 9.09. The van der Waals surface area contributed by atoms with Gasteiger partial charge in [-0.25, -0.2) is 12.7 Å². The summed E-state index contributed by atoms with van der Waals surface area (Å²) in [5.74, 6) is 0. The Labute approximate surface area is 112 Å². The lowest BCUT2D eigenvalue weighted by Gasteiger charge is -2.16. The molecule has 5 heteroatoms. The van der Waals surface area contributed by atoms with Crippen LogP contribution in [0.4, 0.5) is 0 Å². The molecular formula is C12H18BrNO2S. The van der Waals surface area contributed by atoms with Crippen LogP contribution < -0.4 is 0 Å². The number of sulfonamides is 1. The van der Waals surface area contributed by atoms with Crippen molar-refractivity contribution in [3.05, 3.63) is 30.3 Å². The van der Waals surface area contributed by atoms with Crippen molar-refractivity contribution >= 4 is 26.0 Å². The molecule has 0 spiro atoms. The zero-order valence-corrected chi connectivity index (χ0v) is 12.4. The molecule has 0 bridgehead atoms. The van der Waals surface area contributed by atoms with Gasteiger partial charge in [-0.1, -0.05) is 40.5 Å². The quantitative estimate of drug-likeness (QED) is 0.572. The highest BCUT2D eigenvalue weighted by Gasteiger charge is 2.19.